The minimum atomic E-state index is -3.81. The third kappa shape index (κ3) is 2.68. The molecule has 0 spiro atoms. The first-order chi connectivity index (χ1) is 9.73. The van der Waals surface area contributed by atoms with E-state index in [9.17, 15) is 18.3 Å². The Bertz CT molecular complexity index is 639. The third-order valence-electron chi connectivity index (χ3n) is 3.76. The quantitative estimate of drug-likeness (QED) is 0.839. The molecule has 1 aromatic rings. The predicted octanol–water partition coefficient (Wildman–Crippen LogP) is 0.328. The van der Waals surface area contributed by atoms with E-state index in [4.69, 9.17) is 4.74 Å². The normalized spacial score (nSPS) is 23.8. The maximum atomic E-state index is 12.5. The summed E-state index contributed by atoms with van der Waals surface area (Å²) in [5.74, 6) is -1.16. The third-order valence-corrected chi connectivity index (χ3v) is 5.49. The minimum Gasteiger partial charge on any atom is -0.479 e. The molecular formula is C12H19N3O5S. The Labute approximate surface area is 123 Å². The molecule has 1 fully saturated rings. The zero-order valence-corrected chi connectivity index (χ0v) is 13.0. The van der Waals surface area contributed by atoms with Gasteiger partial charge >= 0.3 is 5.97 Å². The van der Waals surface area contributed by atoms with Crippen molar-refractivity contribution in [1.82, 2.24) is 13.9 Å². The zero-order valence-electron chi connectivity index (χ0n) is 12.2. The van der Waals surface area contributed by atoms with E-state index in [1.165, 1.54) is 19.6 Å². The smallest absolute Gasteiger partial charge is 0.337 e. The van der Waals surface area contributed by atoms with Crippen LogP contribution in [0.1, 0.15) is 26.3 Å². The monoisotopic (exact) mass is 317 g/mol. The fourth-order valence-corrected chi connectivity index (χ4v) is 3.66. The van der Waals surface area contributed by atoms with Crippen LogP contribution in [0.2, 0.25) is 0 Å². The van der Waals surface area contributed by atoms with Crippen LogP contribution in [0, 0.1) is 0 Å². The Morgan fingerprint density at radius 2 is 2.19 bits per heavy atom. The van der Waals surface area contributed by atoms with Gasteiger partial charge in [-0.3, -0.25) is 0 Å². The van der Waals surface area contributed by atoms with E-state index in [1.807, 2.05) is 13.8 Å². The van der Waals surface area contributed by atoms with Gasteiger partial charge in [0, 0.05) is 32.3 Å². The van der Waals surface area contributed by atoms with Crippen molar-refractivity contribution in [2.45, 2.75) is 36.9 Å². The SMILES string of the molecule is COC1(C(=O)O)CCN(S(=O)(=O)c2cn(C(C)C)cn2)C1. The van der Waals surface area contributed by atoms with Crippen molar-refractivity contribution in [2.75, 3.05) is 20.2 Å². The first-order valence-corrected chi connectivity index (χ1v) is 7.99. The fourth-order valence-electron chi connectivity index (χ4n) is 2.25. The Kier molecular flexibility index (Phi) is 4.09. The first kappa shape index (κ1) is 15.9. The standard InChI is InChI=1S/C12H19N3O5S/c1-9(2)14-6-10(13-8-14)21(18,19)15-5-4-12(7-15,20-3)11(16)17/h6,8-9H,4-5,7H2,1-3H3,(H,16,17). The van der Waals surface area contributed by atoms with Gasteiger partial charge in [-0.2, -0.15) is 4.31 Å². The van der Waals surface area contributed by atoms with Crippen LogP contribution in [-0.4, -0.2) is 59.2 Å². The lowest BCUT2D eigenvalue weighted by Crippen LogP contribution is -2.44. The summed E-state index contributed by atoms with van der Waals surface area (Å²) < 4.78 is 32.8. The number of ether oxygens (including phenoxy) is 1. The van der Waals surface area contributed by atoms with Gasteiger partial charge in [0.15, 0.2) is 10.6 Å². The van der Waals surface area contributed by atoms with Crippen LogP contribution >= 0.6 is 0 Å². The molecule has 0 saturated carbocycles. The number of rotatable bonds is 5. The van der Waals surface area contributed by atoms with Gasteiger partial charge in [0.05, 0.1) is 12.9 Å². The Balaban J connectivity index is 2.27. The Morgan fingerprint density at radius 1 is 1.52 bits per heavy atom. The number of sulfonamides is 1. The molecule has 118 valence electrons. The second-order valence-corrected chi connectivity index (χ2v) is 7.23. The van der Waals surface area contributed by atoms with Crippen molar-refractivity contribution < 1.29 is 23.1 Å². The summed E-state index contributed by atoms with van der Waals surface area (Å²) in [6.45, 7) is 3.70. The van der Waals surface area contributed by atoms with Crippen molar-refractivity contribution in [3.05, 3.63) is 12.5 Å². The van der Waals surface area contributed by atoms with Gasteiger partial charge < -0.3 is 14.4 Å². The minimum absolute atomic E-state index is 0.0755. The van der Waals surface area contributed by atoms with Crippen LogP contribution in [0.15, 0.2) is 17.6 Å². The summed E-state index contributed by atoms with van der Waals surface area (Å²) in [5, 5.41) is 9.15. The summed E-state index contributed by atoms with van der Waals surface area (Å²) in [6, 6.07) is 0.0945. The van der Waals surface area contributed by atoms with Gasteiger partial charge in [-0.25, -0.2) is 18.2 Å². The number of methoxy groups -OCH3 is 1. The molecule has 1 saturated heterocycles. The molecule has 2 heterocycles. The summed E-state index contributed by atoms with van der Waals surface area (Å²) in [6.07, 6.45) is 3.02. The number of carbonyl (C=O) groups is 1. The van der Waals surface area contributed by atoms with E-state index >= 15 is 0 Å². The molecule has 1 aliphatic rings. The maximum Gasteiger partial charge on any atom is 0.337 e. The second-order valence-electron chi connectivity index (χ2n) is 5.35. The zero-order chi connectivity index (χ0) is 15.8. The molecule has 1 atom stereocenters. The number of carboxylic acids is 1. The largest absolute Gasteiger partial charge is 0.479 e. The summed E-state index contributed by atoms with van der Waals surface area (Å²) >= 11 is 0. The van der Waals surface area contributed by atoms with E-state index in [1.54, 1.807) is 4.57 Å². The van der Waals surface area contributed by atoms with Crippen molar-refractivity contribution in [2.24, 2.45) is 0 Å². The number of carboxylic acid groups (broad SMARTS) is 1. The average molecular weight is 317 g/mol. The van der Waals surface area contributed by atoms with Crippen LogP contribution < -0.4 is 0 Å². The van der Waals surface area contributed by atoms with E-state index in [2.05, 4.69) is 4.98 Å². The summed E-state index contributed by atoms with van der Waals surface area (Å²) in [4.78, 5) is 15.2. The molecule has 0 aromatic carbocycles. The molecule has 1 unspecified atom stereocenters. The molecule has 2 rings (SSSR count). The lowest BCUT2D eigenvalue weighted by atomic mass is 10.0. The lowest BCUT2D eigenvalue weighted by molar-refractivity contribution is -0.160. The van der Waals surface area contributed by atoms with Gasteiger partial charge in [-0.1, -0.05) is 0 Å². The molecule has 0 amide bonds. The van der Waals surface area contributed by atoms with E-state index in [-0.39, 0.29) is 30.6 Å². The Morgan fingerprint density at radius 3 is 2.62 bits per heavy atom. The van der Waals surface area contributed by atoms with Gasteiger partial charge in [0.25, 0.3) is 10.0 Å². The number of aromatic nitrogens is 2. The number of imidazole rings is 1. The molecule has 21 heavy (non-hydrogen) atoms. The van der Waals surface area contributed by atoms with Crippen LogP contribution in [-0.2, 0) is 19.6 Å². The van der Waals surface area contributed by atoms with E-state index < -0.39 is 21.6 Å². The molecule has 1 aromatic heterocycles. The average Bonchev–Trinajstić information content (AvgIpc) is 3.07. The van der Waals surface area contributed by atoms with Gasteiger partial charge in [0.2, 0.25) is 0 Å². The van der Waals surface area contributed by atoms with Crippen LogP contribution in [0.4, 0.5) is 0 Å². The number of nitrogens with zero attached hydrogens (tertiary/aromatic N) is 3. The predicted molar refractivity (Wildman–Crippen MR) is 73.4 cm³/mol. The number of hydrogen-bond donors (Lipinski definition) is 1. The maximum absolute atomic E-state index is 12.5. The van der Waals surface area contributed by atoms with Gasteiger partial charge in [-0.15, -0.1) is 0 Å². The molecule has 1 aliphatic heterocycles. The number of aliphatic carboxylic acids is 1. The van der Waals surface area contributed by atoms with Gasteiger partial charge in [0.1, 0.15) is 0 Å². The van der Waals surface area contributed by atoms with E-state index in [0.717, 1.165) is 4.31 Å². The Hall–Kier alpha value is -1.45. The van der Waals surface area contributed by atoms with Crippen LogP contribution in [0.25, 0.3) is 0 Å². The molecule has 8 nitrogen and oxygen atoms in total. The van der Waals surface area contributed by atoms with Crippen LogP contribution in [0.5, 0.6) is 0 Å². The molecule has 9 heteroatoms. The summed E-state index contributed by atoms with van der Waals surface area (Å²) in [5.41, 5.74) is -1.48. The first-order valence-electron chi connectivity index (χ1n) is 6.55. The molecular weight excluding hydrogens is 298 g/mol. The number of hydrogen-bond acceptors (Lipinski definition) is 5. The fraction of sp³-hybridized carbons (Fsp3) is 0.667. The summed E-state index contributed by atoms with van der Waals surface area (Å²) in [7, 11) is -2.53. The highest BCUT2D eigenvalue weighted by Crippen LogP contribution is 2.29. The van der Waals surface area contributed by atoms with Crippen LogP contribution in [0.3, 0.4) is 0 Å². The highest BCUT2D eigenvalue weighted by molar-refractivity contribution is 7.89. The molecule has 0 radical (unpaired) electrons. The highest BCUT2D eigenvalue weighted by atomic mass is 32.2. The van der Waals surface area contributed by atoms with Crippen molar-refractivity contribution in [3.8, 4) is 0 Å². The molecule has 0 bridgehead atoms. The van der Waals surface area contributed by atoms with Crippen molar-refractivity contribution in [3.63, 3.8) is 0 Å². The van der Waals surface area contributed by atoms with E-state index in [0.29, 0.717) is 0 Å². The highest BCUT2D eigenvalue weighted by Gasteiger charge is 2.49. The second kappa shape index (κ2) is 5.39. The van der Waals surface area contributed by atoms with Gasteiger partial charge in [-0.05, 0) is 13.8 Å². The lowest BCUT2D eigenvalue weighted by Gasteiger charge is -2.22. The van der Waals surface area contributed by atoms with Crippen molar-refractivity contribution >= 4 is 16.0 Å². The van der Waals surface area contributed by atoms with Crippen molar-refractivity contribution in [1.29, 1.82) is 0 Å². The topological polar surface area (TPSA) is 102 Å². The molecule has 0 aliphatic carbocycles. The molecule has 1 N–H and O–H groups in total.